The van der Waals surface area contributed by atoms with Gasteiger partial charge in [0.25, 0.3) is 0 Å². The quantitative estimate of drug-likeness (QED) is 0.510. The maximum absolute atomic E-state index is 13.4. The lowest BCUT2D eigenvalue weighted by Crippen LogP contribution is -2.54. The van der Waals surface area contributed by atoms with E-state index in [-0.39, 0.29) is 34.3 Å². The molecule has 0 bridgehead atoms. The van der Waals surface area contributed by atoms with Gasteiger partial charge in [-0.05, 0) is 92.9 Å². The maximum Gasteiger partial charge on any atom is 0.573 e. The number of ether oxygens (including phenoxy) is 1. The van der Waals surface area contributed by atoms with Crippen LogP contribution in [0.4, 0.5) is 18.9 Å². The van der Waals surface area contributed by atoms with Crippen molar-refractivity contribution in [2.45, 2.75) is 72.1 Å². The van der Waals surface area contributed by atoms with Gasteiger partial charge in [-0.25, -0.2) is 0 Å². The van der Waals surface area contributed by atoms with Gasteiger partial charge in [0, 0.05) is 36.2 Å². The molecule has 0 aromatic heterocycles. The molecule has 6 atom stereocenters. The molecule has 2 amide bonds. The number of piperidine rings is 1. The zero-order chi connectivity index (χ0) is 26.0. The van der Waals surface area contributed by atoms with E-state index in [9.17, 15) is 22.8 Å². The molecule has 2 saturated carbocycles. The summed E-state index contributed by atoms with van der Waals surface area (Å²) in [6.45, 7) is 6.79. The van der Waals surface area contributed by atoms with Crippen molar-refractivity contribution in [3.8, 4) is 5.75 Å². The van der Waals surface area contributed by atoms with Crippen molar-refractivity contribution >= 4 is 17.5 Å². The lowest BCUT2D eigenvalue weighted by Gasteiger charge is -2.59. The summed E-state index contributed by atoms with van der Waals surface area (Å²) >= 11 is 0. The summed E-state index contributed by atoms with van der Waals surface area (Å²) in [5.74, 6) is 1.14. The Bertz CT molecular complexity index is 1100. The summed E-state index contributed by atoms with van der Waals surface area (Å²) in [7, 11) is 1.92. The Kier molecular flexibility index (Phi) is 5.95. The number of allylic oxidation sites excluding steroid dienone is 2. The second-order valence-electron chi connectivity index (χ2n) is 11.8. The molecular formula is C28H35F3N2O3. The fraction of sp³-hybridized carbons (Fsp3) is 0.643. The van der Waals surface area contributed by atoms with Gasteiger partial charge in [-0.2, -0.15) is 0 Å². The Hall–Kier alpha value is -2.51. The Morgan fingerprint density at radius 1 is 1.08 bits per heavy atom. The molecule has 1 aromatic rings. The van der Waals surface area contributed by atoms with Crippen LogP contribution in [0.1, 0.15) is 65.7 Å². The molecule has 1 N–H and O–H groups in total. The molecule has 1 aliphatic heterocycles. The van der Waals surface area contributed by atoms with Crippen molar-refractivity contribution in [3.05, 3.63) is 35.5 Å². The van der Waals surface area contributed by atoms with E-state index in [1.54, 1.807) is 0 Å². The minimum absolute atomic E-state index is 0.00241. The second kappa shape index (κ2) is 8.52. The molecule has 3 aliphatic carbocycles. The van der Waals surface area contributed by atoms with Crippen molar-refractivity contribution in [1.82, 2.24) is 4.90 Å². The van der Waals surface area contributed by atoms with Gasteiger partial charge in [0.15, 0.2) is 0 Å². The van der Waals surface area contributed by atoms with Crippen LogP contribution >= 0.6 is 0 Å². The monoisotopic (exact) mass is 504 g/mol. The number of carbonyl (C=O) groups excluding carboxylic acids is 2. The number of carbonyl (C=O) groups is 2. The van der Waals surface area contributed by atoms with E-state index < -0.39 is 6.36 Å². The van der Waals surface area contributed by atoms with Gasteiger partial charge in [0.05, 0.1) is 0 Å². The third-order valence-corrected chi connectivity index (χ3v) is 9.98. The first-order chi connectivity index (χ1) is 16.8. The third-order valence-electron chi connectivity index (χ3n) is 9.98. The molecule has 8 heteroatoms. The van der Waals surface area contributed by atoms with Gasteiger partial charge < -0.3 is 15.0 Å². The van der Waals surface area contributed by atoms with Crippen LogP contribution in [0.5, 0.6) is 5.75 Å². The molecule has 4 aliphatic rings. The third kappa shape index (κ3) is 4.01. The van der Waals surface area contributed by atoms with E-state index in [0.717, 1.165) is 38.5 Å². The fourth-order valence-electron chi connectivity index (χ4n) is 8.51. The zero-order valence-corrected chi connectivity index (χ0v) is 21.4. The Morgan fingerprint density at radius 2 is 1.78 bits per heavy atom. The first-order valence-electron chi connectivity index (χ1n) is 13.0. The summed E-state index contributed by atoms with van der Waals surface area (Å²) < 4.78 is 41.2. The van der Waals surface area contributed by atoms with Crippen LogP contribution < -0.4 is 10.1 Å². The largest absolute Gasteiger partial charge is 0.573 e. The van der Waals surface area contributed by atoms with E-state index in [4.69, 9.17) is 0 Å². The van der Waals surface area contributed by atoms with Crippen LogP contribution in [-0.4, -0.2) is 30.1 Å². The number of hydrogen-bond acceptors (Lipinski definition) is 3. The number of benzene rings is 1. The first-order valence-corrected chi connectivity index (χ1v) is 13.0. The minimum atomic E-state index is -4.75. The van der Waals surface area contributed by atoms with Crippen molar-refractivity contribution in [2.24, 2.45) is 34.5 Å². The zero-order valence-electron chi connectivity index (χ0n) is 21.4. The highest BCUT2D eigenvalue weighted by atomic mass is 19.4. The lowest BCUT2D eigenvalue weighted by atomic mass is 9.48. The van der Waals surface area contributed by atoms with Crippen LogP contribution in [0.3, 0.4) is 0 Å². The number of hydrogen-bond donors (Lipinski definition) is 1. The van der Waals surface area contributed by atoms with E-state index in [1.165, 1.54) is 35.5 Å². The van der Waals surface area contributed by atoms with Crippen molar-refractivity contribution in [2.75, 3.05) is 12.4 Å². The Balaban J connectivity index is 1.33. The van der Waals surface area contributed by atoms with Crippen LogP contribution in [0, 0.1) is 34.5 Å². The standard InChI is InChI=1S/C28H35F3N2O3/c1-16-15-19-20-9-10-22(25(35)32-17-5-7-18(8-6-17)36-28(29,30)31)26(20,2)13-11-21(19)27(3)14-12-23(34)33(4)24(16)27/h5-8,19-22H,9-15H2,1-4H3,(H,32,35)/t19-,20-,21-,22+,26-,27+/m0/s1. The molecule has 36 heavy (non-hydrogen) atoms. The number of amides is 2. The molecule has 0 unspecified atom stereocenters. The Labute approximate surface area is 210 Å². The highest BCUT2D eigenvalue weighted by Crippen LogP contribution is 2.66. The summed E-state index contributed by atoms with van der Waals surface area (Å²) in [4.78, 5) is 27.8. The van der Waals surface area contributed by atoms with Crippen LogP contribution in [-0.2, 0) is 9.59 Å². The molecule has 1 saturated heterocycles. The molecule has 5 rings (SSSR count). The number of rotatable bonds is 3. The lowest BCUT2D eigenvalue weighted by molar-refractivity contribution is -0.274. The van der Waals surface area contributed by atoms with E-state index in [0.29, 0.717) is 29.9 Å². The summed E-state index contributed by atoms with van der Waals surface area (Å²) in [6.07, 6.45) is 1.54. The highest BCUT2D eigenvalue weighted by molar-refractivity contribution is 5.93. The van der Waals surface area contributed by atoms with Crippen LogP contribution in [0.2, 0.25) is 0 Å². The van der Waals surface area contributed by atoms with E-state index >= 15 is 0 Å². The number of halogens is 3. The number of nitrogens with zero attached hydrogens (tertiary/aromatic N) is 1. The number of nitrogens with one attached hydrogen (secondary N) is 1. The molecule has 1 aromatic carbocycles. The summed E-state index contributed by atoms with van der Waals surface area (Å²) in [5.41, 5.74) is 2.90. The van der Waals surface area contributed by atoms with Crippen molar-refractivity contribution in [1.29, 1.82) is 0 Å². The van der Waals surface area contributed by atoms with Crippen LogP contribution in [0.25, 0.3) is 0 Å². The topological polar surface area (TPSA) is 58.6 Å². The van der Waals surface area contributed by atoms with Gasteiger partial charge in [-0.1, -0.05) is 19.4 Å². The minimum Gasteiger partial charge on any atom is -0.406 e. The molecule has 0 spiro atoms. The molecule has 196 valence electrons. The number of anilines is 1. The normalized spacial score (nSPS) is 36.2. The van der Waals surface area contributed by atoms with Gasteiger partial charge in [-0.15, -0.1) is 13.2 Å². The molecular weight excluding hydrogens is 469 g/mol. The SMILES string of the molecule is CC1=C2N(C)C(=O)CC[C@]2(C)[C@H]2CC[C@]3(C)[C@@H](C(=O)Nc4ccc(OC(F)(F)F)cc4)CC[C@H]3[C@@H]2C1. The Morgan fingerprint density at radius 3 is 2.44 bits per heavy atom. The molecule has 5 nitrogen and oxygen atoms in total. The fourth-order valence-corrected chi connectivity index (χ4v) is 8.51. The maximum atomic E-state index is 13.4. The van der Waals surface area contributed by atoms with Gasteiger partial charge >= 0.3 is 6.36 Å². The van der Waals surface area contributed by atoms with E-state index in [1.807, 2.05) is 11.9 Å². The molecule has 0 radical (unpaired) electrons. The number of alkyl halides is 3. The average molecular weight is 505 g/mol. The average Bonchev–Trinajstić information content (AvgIpc) is 3.14. The van der Waals surface area contributed by atoms with Crippen LogP contribution in [0.15, 0.2) is 35.5 Å². The molecule has 3 fully saturated rings. The van der Waals surface area contributed by atoms with Gasteiger partial charge in [0.2, 0.25) is 11.8 Å². The predicted octanol–water partition coefficient (Wildman–Crippen LogP) is 6.52. The van der Waals surface area contributed by atoms with Crippen molar-refractivity contribution in [3.63, 3.8) is 0 Å². The summed E-state index contributed by atoms with van der Waals surface area (Å²) in [5, 5.41) is 2.95. The number of likely N-dealkylation sites (tertiary alicyclic amines) is 1. The first kappa shape index (κ1) is 25.2. The summed E-state index contributed by atoms with van der Waals surface area (Å²) in [6, 6.07) is 5.33. The van der Waals surface area contributed by atoms with Gasteiger partial charge in [0.1, 0.15) is 5.75 Å². The van der Waals surface area contributed by atoms with Crippen molar-refractivity contribution < 1.29 is 27.5 Å². The number of fused-ring (bicyclic) bond motifs is 5. The predicted molar refractivity (Wildman–Crippen MR) is 130 cm³/mol. The molecule has 1 heterocycles. The smallest absolute Gasteiger partial charge is 0.406 e. The van der Waals surface area contributed by atoms with Gasteiger partial charge in [-0.3, -0.25) is 9.59 Å². The highest BCUT2D eigenvalue weighted by Gasteiger charge is 2.61. The second-order valence-corrected chi connectivity index (χ2v) is 11.8. The van der Waals surface area contributed by atoms with E-state index in [2.05, 4.69) is 30.8 Å².